The van der Waals surface area contributed by atoms with Crippen LogP contribution >= 0.6 is 0 Å². The number of rotatable bonds is 8. The topological polar surface area (TPSA) is 73.9 Å². The molecule has 1 fully saturated rings. The highest BCUT2D eigenvalue weighted by Gasteiger charge is 2.33. The molecule has 6 heteroatoms. The third-order valence-corrected chi connectivity index (χ3v) is 5.81. The van der Waals surface area contributed by atoms with Crippen LogP contribution in [0, 0.1) is 17.3 Å². The molecule has 0 spiro atoms. The average molecular weight is 406 g/mol. The summed E-state index contributed by atoms with van der Waals surface area (Å²) in [6.07, 6.45) is 4.43. The van der Waals surface area contributed by atoms with Gasteiger partial charge in [-0.1, -0.05) is 26.8 Å². The fourth-order valence-corrected chi connectivity index (χ4v) is 3.88. The Morgan fingerprint density at radius 2 is 1.69 bits per heavy atom. The fraction of sp³-hybridized carbons (Fsp3) is 0.652. The minimum Gasteiger partial charge on any atom is -0.493 e. The van der Waals surface area contributed by atoms with E-state index >= 15 is 0 Å². The molecular formula is C23H35NO5. The van der Waals surface area contributed by atoms with Gasteiger partial charge in [-0.05, 0) is 61.1 Å². The number of carbonyl (C=O) groups is 2. The molecule has 0 bridgehead atoms. The largest absolute Gasteiger partial charge is 0.493 e. The van der Waals surface area contributed by atoms with Gasteiger partial charge in [-0.25, -0.2) is 0 Å². The lowest BCUT2D eigenvalue weighted by Gasteiger charge is -2.36. The van der Waals surface area contributed by atoms with Crippen LogP contribution in [-0.2, 0) is 20.7 Å². The third-order valence-electron chi connectivity index (χ3n) is 5.81. The number of benzene rings is 1. The van der Waals surface area contributed by atoms with Crippen molar-refractivity contribution in [3.63, 3.8) is 0 Å². The van der Waals surface area contributed by atoms with Crippen molar-refractivity contribution in [2.45, 2.75) is 52.9 Å². The molecule has 0 radical (unpaired) electrons. The van der Waals surface area contributed by atoms with Gasteiger partial charge in [-0.15, -0.1) is 0 Å². The standard InChI is InChI=1S/C23H35NO5/c1-23(2,3)18-9-7-17(8-10-18)22(26)29-15-21(25)24-13-12-16-6-11-19(27-4)20(14-16)28-5/h6,11,14,17-18H,7-10,12-13,15H2,1-5H3,(H,24,25). The number of hydrogen-bond acceptors (Lipinski definition) is 5. The van der Waals surface area contributed by atoms with Crippen molar-refractivity contribution < 1.29 is 23.8 Å². The molecule has 1 aliphatic carbocycles. The number of esters is 1. The molecule has 0 heterocycles. The van der Waals surface area contributed by atoms with Gasteiger partial charge in [0.2, 0.25) is 0 Å². The molecule has 29 heavy (non-hydrogen) atoms. The van der Waals surface area contributed by atoms with E-state index in [1.54, 1.807) is 14.2 Å². The third kappa shape index (κ3) is 6.94. The van der Waals surface area contributed by atoms with Gasteiger partial charge in [0.25, 0.3) is 5.91 Å². The number of methoxy groups -OCH3 is 2. The van der Waals surface area contributed by atoms with E-state index in [9.17, 15) is 9.59 Å². The normalized spacial score (nSPS) is 19.3. The maximum Gasteiger partial charge on any atom is 0.309 e. The lowest BCUT2D eigenvalue weighted by molar-refractivity contribution is -0.154. The first-order valence-corrected chi connectivity index (χ1v) is 10.4. The molecule has 2 rings (SSSR count). The second-order valence-electron chi connectivity index (χ2n) is 8.81. The highest BCUT2D eigenvalue weighted by molar-refractivity contribution is 5.81. The van der Waals surface area contributed by atoms with Crippen LogP contribution in [0.1, 0.15) is 52.0 Å². The SMILES string of the molecule is COc1ccc(CCNC(=O)COC(=O)C2CCC(C(C)(C)C)CC2)cc1OC. The summed E-state index contributed by atoms with van der Waals surface area (Å²) in [6.45, 7) is 7.00. The van der Waals surface area contributed by atoms with Crippen LogP contribution in [0.15, 0.2) is 18.2 Å². The smallest absolute Gasteiger partial charge is 0.309 e. The van der Waals surface area contributed by atoms with Gasteiger partial charge in [0.1, 0.15) is 0 Å². The van der Waals surface area contributed by atoms with Gasteiger partial charge in [0.05, 0.1) is 20.1 Å². The van der Waals surface area contributed by atoms with Crippen LogP contribution in [0.4, 0.5) is 0 Å². The van der Waals surface area contributed by atoms with Gasteiger partial charge < -0.3 is 19.5 Å². The van der Waals surface area contributed by atoms with Gasteiger partial charge in [0.15, 0.2) is 18.1 Å². The van der Waals surface area contributed by atoms with Crippen molar-refractivity contribution in [2.24, 2.45) is 17.3 Å². The Kier molecular flexibility index (Phi) is 8.35. The summed E-state index contributed by atoms with van der Waals surface area (Å²) in [5.74, 6) is 1.38. The van der Waals surface area contributed by atoms with E-state index in [1.165, 1.54) is 0 Å². The lowest BCUT2D eigenvalue weighted by atomic mass is 9.70. The van der Waals surface area contributed by atoms with Crippen molar-refractivity contribution in [1.82, 2.24) is 5.32 Å². The first kappa shape index (κ1) is 23.0. The van der Waals surface area contributed by atoms with Gasteiger partial charge in [-0.3, -0.25) is 9.59 Å². The van der Waals surface area contributed by atoms with E-state index in [1.807, 2.05) is 18.2 Å². The zero-order valence-electron chi connectivity index (χ0n) is 18.4. The van der Waals surface area contributed by atoms with Gasteiger partial charge >= 0.3 is 5.97 Å². The van der Waals surface area contributed by atoms with E-state index in [0.717, 1.165) is 31.2 Å². The van der Waals surface area contributed by atoms with Crippen molar-refractivity contribution in [3.8, 4) is 11.5 Å². The van der Waals surface area contributed by atoms with Crippen molar-refractivity contribution in [3.05, 3.63) is 23.8 Å². The quantitative estimate of drug-likeness (QED) is 0.667. The van der Waals surface area contributed by atoms with E-state index in [4.69, 9.17) is 14.2 Å². The van der Waals surface area contributed by atoms with Crippen LogP contribution < -0.4 is 14.8 Å². The number of ether oxygens (including phenoxy) is 3. The van der Waals surface area contributed by atoms with E-state index in [-0.39, 0.29) is 29.8 Å². The van der Waals surface area contributed by atoms with Gasteiger partial charge in [0, 0.05) is 6.54 Å². The molecule has 1 aliphatic rings. The minimum atomic E-state index is -0.276. The van der Waals surface area contributed by atoms with Crippen LogP contribution in [0.5, 0.6) is 11.5 Å². The summed E-state index contributed by atoms with van der Waals surface area (Å²) >= 11 is 0. The molecular weight excluding hydrogens is 370 g/mol. The van der Waals surface area contributed by atoms with Crippen molar-refractivity contribution >= 4 is 11.9 Å². The molecule has 1 aromatic rings. The molecule has 1 amide bonds. The highest BCUT2D eigenvalue weighted by Crippen LogP contribution is 2.40. The second-order valence-corrected chi connectivity index (χ2v) is 8.81. The Balaban J connectivity index is 1.68. The van der Waals surface area contributed by atoms with Crippen molar-refractivity contribution in [1.29, 1.82) is 0 Å². The maximum absolute atomic E-state index is 12.3. The Labute approximate surface area is 174 Å². The Hall–Kier alpha value is -2.24. The number of amides is 1. The molecule has 0 unspecified atom stereocenters. The number of hydrogen-bond donors (Lipinski definition) is 1. The Morgan fingerprint density at radius 3 is 2.28 bits per heavy atom. The van der Waals surface area contributed by atoms with E-state index in [0.29, 0.717) is 30.4 Å². The van der Waals surface area contributed by atoms with Crippen LogP contribution in [0.25, 0.3) is 0 Å². The molecule has 0 aliphatic heterocycles. The van der Waals surface area contributed by atoms with E-state index in [2.05, 4.69) is 26.1 Å². The average Bonchev–Trinajstić information content (AvgIpc) is 2.71. The van der Waals surface area contributed by atoms with Crippen LogP contribution in [-0.4, -0.2) is 39.2 Å². The summed E-state index contributed by atoms with van der Waals surface area (Å²) in [7, 11) is 3.18. The summed E-state index contributed by atoms with van der Waals surface area (Å²) in [6, 6.07) is 5.66. The zero-order chi connectivity index (χ0) is 21.4. The molecule has 0 atom stereocenters. The number of carbonyl (C=O) groups excluding carboxylic acids is 2. The molecule has 6 nitrogen and oxygen atoms in total. The molecule has 1 N–H and O–H groups in total. The van der Waals surface area contributed by atoms with Crippen LogP contribution in [0.2, 0.25) is 0 Å². The minimum absolute atomic E-state index is 0.0758. The summed E-state index contributed by atoms with van der Waals surface area (Å²) < 4.78 is 15.7. The molecule has 0 saturated heterocycles. The molecule has 1 aromatic carbocycles. The highest BCUT2D eigenvalue weighted by atomic mass is 16.5. The predicted molar refractivity (Wildman–Crippen MR) is 112 cm³/mol. The van der Waals surface area contributed by atoms with E-state index < -0.39 is 0 Å². The molecule has 0 aromatic heterocycles. The summed E-state index contributed by atoms with van der Waals surface area (Å²) in [5, 5.41) is 2.79. The fourth-order valence-electron chi connectivity index (χ4n) is 3.88. The van der Waals surface area contributed by atoms with Crippen LogP contribution in [0.3, 0.4) is 0 Å². The zero-order valence-corrected chi connectivity index (χ0v) is 18.4. The Bertz CT molecular complexity index is 687. The van der Waals surface area contributed by atoms with Crippen molar-refractivity contribution in [2.75, 3.05) is 27.4 Å². The lowest BCUT2D eigenvalue weighted by Crippen LogP contribution is -2.33. The summed E-state index contributed by atoms with van der Waals surface area (Å²) in [4.78, 5) is 24.3. The predicted octanol–water partition coefficient (Wildman–Crippen LogP) is 3.76. The monoisotopic (exact) mass is 405 g/mol. The Morgan fingerprint density at radius 1 is 1.03 bits per heavy atom. The maximum atomic E-state index is 12.3. The first-order chi connectivity index (χ1) is 13.7. The second kappa shape index (κ2) is 10.5. The first-order valence-electron chi connectivity index (χ1n) is 10.4. The molecule has 162 valence electrons. The molecule has 1 saturated carbocycles. The van der Waals surface area contributed by atoms with Gasteiger partial charge in [-0.2, -0.15) is 0 Å². The summed E-state index contributed by atoms with van der Waals surface area (Å²) in [5.41, 5.74) is 1.30. The number of nitrogens with one attached hydrogen (secondary N) is 1.